The van der Waals surface area contributed by atoms with Crippen molar-refractivity contribution in [2.75, 3.05) is 30.5 Å². The van der Waals surface area contributed by atoms with Gasteiger partial charge in [-0.25, -0.2) is 4.39 Å². The van der Waals surface area contributed by atoms with Gasteiger partial charge in [-0.05, 0) is 44.2 Å². The molecule has 2 nitrogen and oxygen atoms in total. The van der Waals surface area contributed by atoms with Crippen molar-refractivity contribution >= 4 is 17.4 Å². The third-order valence-electron chi connectivity index (χ3n) is 3.92. The summed E-state index contributed by atoms with van der Waals surface area (Å²) in [6.45, 7) is 7.36. The van der Waals surface area contributed by atoms with E-state index in [1.54, 1.807) is 6.07 Å². The van der Waals surface area contributed by atoms with Crippen LogP contribution in [-0.4, -0.2) is 31.6 Å². The minimum absolute atomic E-state index is 0.125. The van der Waals surface area contributed by atoms with Gasteiger partial charge in [0, 0.05) is 24.9 Å². The van der Waals surface area contributed by atoms with Crippen LogP contribution in [0.3, 0.4) is 0 Å². The molecule has 0 aliphatic carbocycles. The third kappa shape index (κ3) is 4.89. The molecule has 0 saturated carbocycles. The Labute approximate surface area is 133 Å². The maximum absolute atomic E-state index is 14.4. The number of nitrogens with zero attached hydrogens (tertiary/aromatic N) is 1. The minimum atomic E-state index is -0.125. The Morgan fingerprint density at radius 3 is 2.62 bits per heavy atom. The van der Waals surface area contributed by atoms with Crippen LogP contribution in [0, 0.1) is 5.82 Å². The highest BCUT2D eigenvalue weighted by Gasteiger charge is 2.21. The highest BCUT2D eigenvalue weighted by molar-refractivity contribution is 7.98. The maximum atomic E-state index is 14.4. The molecule has 1 aromatic rings. The van der Waals surface area contributed by atoms with Gasteiger partial charge in [0.2, 0.25) is 0 Å². The van der Waals surface area contributed by atoms with Gasteiger partial charge >= 0.3 is 0 Å². The van der Waals surface area contributed by atoms with Gasteiger partial charge in [0.05, 0.1) is 5.69 Å². The lowest BCUT2D eigenvalue weighted by atomic mass is 10.0. The van der Waals surface area contributed by atoms with Crippen LogP contribution in [0.2, 0.25) is 0 Å². The Morgan fingerprint density at radius 2 is 2.05 bits per heavy atom. The summed E-state index contributed by atoms with van der Waals surface area (Å²) in [5.41, 5.74) is 1.79. The van der Waals surface area contributed by atoms with Gasteiger partial charge in [-0.1, -0.05) is 26.0 Å². The second-order valence-corrected chi connectivity index (χ2v) is 6.39. The quantitative estimate of drug-likeness (QED) is 0.724. The first-order chi connectivity index (χ1) is 10.1. The summed E-state index contributed by atoms with van der Waals surface area (Å²) in [5.74, 6) is 0.886. The van der Waals surface area contributed by atoms with E-state index in [0.717, 1.165) is 36.4 Å². The summed E-state index contributed by atoms with van der Waals surface area (Å²) in [6, 6.07) is 5.92. The van der Waals surface area contributed by atoms with E-state index < -0.39 is 0 Å². The molecule has 0 saturated heterocycles. The number of benzene rings is 1. The molecule has 1 rings (SSSR count). The largest absolute Gasteiger partial charge is 0.368 e. The lowest BCUT2D eigenvalue weighted by molar-refractivity contribution is 0.553. The monoisotopic (exact) mass is 312 g/mol. The number of para-hydroxylation sites is 1. The topological polar surface area (TPSA) is 15.3 Å². The standard InChI is InChI=1S/C17H29FN2S/c1-6-11-19-13(3)15-9-8-10-16(18)17(15)20(4)14(7-2)12-21-5/h8-10,13-14,19H,6-7,11-12H2,1-5H3. The minimum Gasteiger partial charge on any atom is -0.368 e. The lowest BCUT2D eigenvalue weighted by Crippen LogP contribution is -2.35. The van der Waals surface area contributed by atoms with Crippen molar-refractivity contribution in [1.82, 2.24) is 5.32 Å². The van der Waals surface area contributed by atoms with E-state index in [0.29, 0.717) is 6.04 Å². The van der Waals surface area contributed by atoms with Gasteiger partial charge in [0.1, 0.15) is 5.82 Å². The van der Waals surface area contributed by atoms with Crippen LogP contribution in [0.25, 0.3) is 0 Å². The molecule has 2 atom stereocenters. The predicted octanol–water partition coefficient (Wildman–Crippen LogP) is 4.46. The second kappa shape index (κ2) is 9.31. The number of hydrogen-bond donors (Lipinski definition) is 1. The van der Waals surface area contributed by atoms with Gasteiger partial charge < -0.3 is 10.2 Å². The van der Waals surface area contributed by atoms with Crippen molar-refractivity contribution in [3.05, 3.63) is 29.6 Å². The molecule has 2 unspecified atom stereocenters. The first-order valence-corrected chi connectivity index (χ1v) is 9.19. The Balaban J connectivity index is 3.08. The first-order valence-electron chi connectivity index (χ1n) is 7.80. The average Bonchev–Trinajstić information content (AvgIpc) is 2.49. The van der Waals surface area contributed by atoms with Crippen LogP contribution in [0.4, 0.5) is 10.1 Å². The molecule has 0 radical (unpaired) electrons. The van der Waals surface area contributed by atoms with Crippen LogP contribution in [0.5, 0.6) is 0 Å². The number of nitrogens with one attached hydrogen (secondary N) is 1. The molecule has 21 heavy (non-hydrogen) atoms. The Bertz CT molecular complexity index is 425. The van der Waals surface area contributed by atoms with E-state index in [9.17, 15) is 4.39 Å². The van der Waals surface area contributed by atoms with E-state index in [-0.39, 0.29) is 11.9 Å². The molecule has 4 heteroatoms. The average molecular weight is 312 g/mol. The summed E-state index contributed by atoms with van der Waals surface area (Å²) in [7, 11) is 2.01. The predicted molar refractivity (Wildman–Crippen MR) is 94.0 cm³/mol. The normalized spacial score (nSPS) is 14.0. The Morgan fingerprint density at radius 1 is 1.33 bits per heavy atom. The SMILES string of the molecule is CCCNC(C)c1cccc(F)c1N(C)C(CC)CSC. The number of thioether (sulfide) groups is 1. The van der Waals surface area contributed by atoms with E-state index in [1.165, 1.54) is 0 Å². The van der Waals surface area contributed by atoms with Crippen LogP contribution in [-0.2, 0) is 0 Å². The third-order valence-corrected chi connectivity index (χ3v) is 4.63. The molecule has 0 aromatic heterocycles. The van der Waals surface area contributed by atoms with Gasteiger partial charge in [0.25, 0.3) is 0 Å². The fourth-order valence-electron chi connectivity index (χ4n) is 2.60. The molecule has 0 aliphatic heterocycles. The molecule has 0 fully saturated rings. The fraction of sp³-hybridized carbons (Fsp3) is 0.647. The smallest absolute Gasteiger partial charge is 0.146 e. The Kier molecular flexibility index (Phi) is 8.12. The lowest BCUT2D eigenvalue weighted by Gasteiger charge is -2.32. The zero-order valence-corrected chi connectivity index (χ0v) is 14.8. The van der Waals surface area contributed by atoms with Crippen LogP contribution >= 0.6 is 11.8 Å². The summed E-state index contributed by atoms with van der Waals surface area (Å²) in [6.07, 6.45) is 4.20. The van der Waals surface area contributed by atoms with Crippen LogP contribution in [0.15, 0.2) is 18.2 Å². The maximum Gasteiger partial charge on any atom is 0.146 e. The zero-order chi connectivity index (χ0) is 15.8. The van der Waals surface area contributed by atoms with Gasteiger partial charge in [-0.2, -0.15) is 11.8 Å². The molecular formula is C17H29FN2S. The first kappa shape index (κ1) is 18.3. The molecule has 1 aromatic carbocycles. The van der Waals surface area contributed by atoms with Crippen molar-refractivity contribution in [3.8, 4) is 0 Å². The summed E-state index contributed by atoms with van der Waals surface area (Å²) in [4.78, 5) is 2.12. The molecule has 1 N–H and O–H groups in total. The summed E-state index contributed by atoms with van der Waals surface area (Å²) >= 11 is 1.81. The van der Waals surface area contributed by atoms with Gasteiger partial charge in [-0.15, -0.1) is 0 Å². The molecule has 0 bridgehead atoms. The highest BCUT2D eigenvalue weighted by atomic mass is 32.2. The Hall–Kier alpha value is -0.740. The van der Waals surface area contributed by atoms with Crippen LogP contribution in [0.1, 0.15) is 45.2 Å². The molecule has 0 heterocycles. The molecule has 0 amide bonds. The number of halogens is 1. The van der Waals surface area contributed by atoms with E-state index in [4.69, 9.17) is 0 Å². The van der Waals surface area contributed by atoms with Crippen molar-refractivity contribution in [1.29, 1.82) is 0 Å². The van der Waals surface area contributed by atoms with Crippen LogP contribution < -0.4 is 10.2 Å². The molecule has 0 spiro atoms. The number of rotatable bonds is 9. The number of hydrogen-bond acceptors (Lipinski definition) is 3. The van der Waals surface area contributed by atoms with Crippen molar-refractivity contribution in [2.24, 2.45) is 0 Å². The highest BCUT2D eigenvalue weighted by Crippen LogP contribution is 2.31. The van der Waals surface area contributed by atoms with Gasteiger partial charge in [-0.3, -0.25) is 0 Å². The molecular weight excluding hydrogens is 283 g/mol. The van der Waals surface area contributed by atoms with Crippen molar-refractivity contribution in [2.45, 2.75) is 45.7 Å². The molecule has 120 valence electrons. The fourth-order valence-corrected chi connectivity index (χ4v) is 3.45. The zero-order valence-electron chi connectivity index (χ0n) is 13.9. The van der Waals surface area contributed by atoms with Gasteiger partial charge in [0.15, 0.2) is 0 Å². The summed E-state index contributed by atoms with van der Waals surface area (Å²) < 4.78 is 14.4. The van der Waals surface area contributed by atoms with E-state index >= 15 is 0 Å². The molecule has 0 aliphatic rings. The second-order valence-electron chi connectivity index (χ2n) is 5.48. The van der Waals surface area contributed by atoms with Crippen molar-refractivity contribution in [3.63, 3.8) is 0 Å². The van der Waals surface area contributed by atoms with Crippen molar-refractivity contribution < 1.29 is 4.39 Å². The summed E-state index contributed by atoms with van der Waals surface area (Å²) in [5, 5.41) is 3.46. The van der Waals surface area contributed by atoms with E-state index in [2.05, 4.69) is 37.2 Å². The number of anilines is 1. The van der Waals surface area contributed by atoms with E-state index in [1.807, 2.05) is 30.9 Å².